The predicted molar refractivity (Wildman–Crippen MR) is 38.6 cm³/mol. The van der Waals surface area contributed by atoms with Crippen molar-refractivity contribution in [1.29, 1.82) is 0 Å². The van der Waals surface area contributed by atoms with E-state index in [0.29, 0.717) is 6.04 Å². The van der Waals surface area contributed by atoms with Crippen molar-refractivity contribution in [2.75, 3.05) is 0 Å². The molecule has 50 valence electrons. The average Bonchev–Trinajstić information content (AvgIpc) is 1.59. The highest BCUT2D eigenvalue weighted by molar-refractivity contribution is 5.10. The molecule has 1 rings (SSSR count). The van der Waals surface area contributed by atoms with Crippen LogP contribution in [0.25, 0.3) is 0 Å². The van der Waals surface area contributed by atoms with Crippen molar-refractivity contribution >= 4 is 0 Å². The second-order valence-corrected chi connectivity index (χ2v) is 2.46. The molecule has 0 aromatic rings. The van der Waals surface area contributed by atoms with Gasteiger partial charge >= 0.3 is 0 Å². The van der Waals surface area contributed by atoms with Gasteiger partial charge in [0, 0.05) is 18.2 Å². The molecule has 0 bridgehead atoms. The highest BCUT2D eigenvalue weighted by atomic mass is 15.1. The number of hydrogen-bond acceptors (Lipinski definition) is 2. The van der Waals surface area contributed by atoms with Crippen molar-refractivity contribution < 1.29 is 0 Å². The standard InChI is InChI=1S/C7H12N2/c1-5-4-6(2)9-7(3)8-5/h6,8-9H,1,3-4H2,2H3. The quantitative estimate of drug-likeness (QED) is 0.502. The van der Waals surface area contributed by atoms with Gasteiger partial charge in [0.25, 0.3) is 0 Å². The van der Waals surface area contributed by atoms with Gasteiger partial charge in [0.1, 0.15) is 0 Å². The smallest absolute Gasteiger partial charge is 0.0956 e. The molecule has 1 heterocycles. The van der Waals surface area contributed by atoms with Crippen LogP contribution in [-0.2, 0) is 0 Å². The molecular weight excluding hydrogens is 112 g/mol. The summed E-state index contributed by atoms with van der Waals surface area (Å²) in [7, 11) is 0. The maximum atomic E-state index is 3.80. The molecule has 0 aliphatic carbocycles. The Bertz CT molecular complexity index is 133. The Kier molecular flexibility index (Phi) is 1.47. The molecule has 2 N–H and O–H groups in total. The van der Waals surface area contributed by atoms with Crippen LogP contribution in [-0.4, -0.2) is 6.04 Å². The molecule has 1 fully saturated rings. The summed E-state index contributed by atoms with van der Waals surface area (Å²) < 4.78 is 0. The molecule has 0 saturated carbocycles. The molecule has 1 aliphatic heterocycles. The minimum absolute atomic E-state index is 0.478. The maximum Gasteiger partial charge on any atom is 0.0956 e. The zero-order chi connectivity index (χ0) is 6.85. The first-order valence-electron chi connectivity index (χ1n) is 3.08. The number of nitrogens with one attached hydrogen (secondary N) is 2. The van der Waals surface area contributed by atoms with Gasteiger partial charge in [-0.15, -0.1) is 0 Å². The second-order valence-electron chi connectivity index (χ2n) is 2.46. The minimum atomic E-state index is 0.478. The Labute approximate surface area is 55.6 Å². The van der Waals surface area contributed by atoms with Crippen LogP contribution in [0.5, 0.6) is 0 Å². The first kappa shape index (κ1) is 6.20. The van der Waals surface area contributed by atoms with E-state index >= 15 is 0 Å². The summed E-state index contributed by atoms with van der Waals surface area (Å²) in [6.07, 6.45) is 0.985. The monoisotopic (exact) mass is 124 g/mol. The van der Waals surface area contributed by atoms with E-state index in [1.165, 1.54) is 0 Å². The van der Waals surface area contributed by atoms with Crippen LogP contribution in [0.2, 0.25) is 0 Å². The van der Waals surface area contributed by atoms with E-state index in [1.54, 1.807) is 0 Å². The Morgan fingerprint density at radius 2 is 2.22 bits per heavy atom. The summed E-state index contributed by atoms with van der Waals surface area (Å²) in [5, 5.41) is 6.15. The zero-order valence-corrected chi connectivity index (χ0v) is 5.70. The first-order chi connectivity index (χ1) is 4.18. The normalized spacial score (nSPS) is 27.0. The van der Waals surface area contributed by atoms with Crippen molar-refractivity contribution in [3.63, 3.8) is 0 Å². The van der Waals surface area contributed by atoms with Gasteiger partial charge in [-0.05, 0) is 6.92 Å². The van der Waals surface area contributed by atoms with Crippen molar-refractivity contribution in [2.24, 2.45) is 0 Å². The topological polar surface area (TPSA) is 24.1 Å². The summed E-state index contributed by atoms with van der Waals surface area (Å²) in [6, 6.07) is 0.478. The Morgan fingerprint density at radius 1 is 1.56 bits per heavy atom. The Morgan fingerprint density at radius 3 is 2.67 bits per heavy atom. The highest BCUT2D eigenvalue weighted by Gasteiger charge is 2.10. The van der Waals surface area contributed by atoms with Crippen molar-refractivity contribution in [1.82, 2.24) is 10.6 Å². The number of rotatable bonds is 0. The van der Waals surface area contributed by atoms with Gasteiger partial charge in [0.05, 0.1) is 5.82 Å². The molecule has 2 heteroatoms. The van der Waals surface area contributed by atoms with Gasteiger partial charge in [-0.2, -0.15) is 0 Å². The fourth-order valence-corrected chi connectivity index (χ4v) is 1.02. The van der Waals surface area contributed by atoms with Crippen LogP contribution in [0, 0.1) is 0 Å². The summed E-state index contributed by atoms with van der Waals surface area (Å²) in [4.78, 5) is 0. The Balaban J connectivity index is 2.53. The lowest BCUT2D eigenvalue weighted by molar-refractivity contribution is 0.525. The van der Waals surface area contributed by atoms with E-state index in [2.05, 4.69) is 30.7 Å². The van der Waals surface area contributed by atoms with Gasteiger partial charge in [-0.25, -0.2) is 0 Å². The van der Waals surface area contributed by atoms with E-state index < -0.39 is 0 Å². The average molecular weight is 124 g/mol. The van der Waals surface area contributed by atoms with Crippen molar-refractivity contribution in [2.45, 2.75) is 19.4 Å². The fourth-order valence-electron chi connectivity index (χ4n) is 1.02. The van der Waals surface area contributed by atoms with Crippen LogP contribution < -0.4 is 10.6 Å². The van der Waals surface area contributed by atoms with Gasteiger partial charge in [-0.3, -0.25) is 0 Å². The summed E-state index contributed by atoms with van der Waals surface area (Å²) in [5.74, 6) is 0.860. The van der Waals surface area contributed by atoms with Crippen LogP contribution in [0.3, 0.4) is 0 Å². The SMILES string of the molecule is C=C1CC(C)NC(=C)N1. The largest absolute Gasteiger partial charge is 0.369 e. The molecule has 2 nitrogen and oxygen atoms in total. The molecule has 0 aromatic carbocycles. The molecule has 0 radical (unpaired) electrons. The molecule has 1 saturated heterocycles. The third-order valence-corrected chi connectivity index (χ3v) is 1.30. The molecule has 1 unspecified atom stereocenters. The predicted octanol–water partition coefficient (Wildman–Crippen LogP) is 0.943. The third-order valence-electron chi connectivity index (χ3n) is 1.30. The molecule has 0 spiro atoms. The van der Waals surface area contributed by atoms with Crippen molar-refractivity contribution in [3.05, 3.63) is 24.7 Å². The lowest BCUT2D eigenvalue weighted by Gasteiger charge is -2.26. The maximum absolute atomic E-state index is 3.80. The lowest BCUT2D eigenvalue weighted by atomic mass is 10.1. The molecule has 9 heavy (non-hydrogen) atoms. The fraction of sp³-hybridized carbons (Fsp3) is 0.429. The van der Waals surface area contributed by atoms with E-state index in [1.807, 2.05) is 0 Å². The number of hydrogen-bond donors (Lipinski definition) is 2. The van der Waals surface area contributed by atoms with Crippen molar-refractivity contribution in [3.8, 4) is 0 Å². The summed E-state index contributed by atoms with van der Waals surface area (Å²) >= 11 is 0. The van der Waals surface area contributed by atoms with Crippen LogP contribution in [0.4, 0.5) is 0 Å². The lowest BCUT2D eigenvalue weighted by Crippen LogP contribution is -2.38. The van der Waals surface area contributed by atoms with E-state index in [0.717, 1.165) is 17.9 Å². The molecule has 0 amide bonds. The third kappa shape index (κ3) is 1.49. The summed E-state index contributed by atoms with van der Waals surface area (Å²) in [5.41, 5.74) is 1.05. The van der Waals surface area contributed by atoms with Crippen LogP contribution in [0.1, 0.15) is 13.3 Å². The highest BCUT2D eigenvalue weighted by Crippen LogP contribution is 2.06. The van der Waals surface area contributed by atoms with E-state index in [9.17, 15) is 0 Å². The van der Waals surface area contributed by atoms with E-state index in [4.69, 9.17) is 0 Å². The minimum Gasteiger partial charge on any atom is -0.369 e. The molecule has 0 aromatic heterocycles. The van der Waals surface area contributed by atoms with Gasteiger partial charge in [0.15, 0.2) is 0 Å². The zero-order valence-electron chi connectivity index (χ0n) is 5.70. The second kappa shape index (κ2) is 2.13. The van der Waals surface area contributed by atoms with Gasteiger partial charge < -0.3 is 10.6 Å². The molecule has 1 atom stereocenters. The van der Waals surface area contributed by atoms with Crippen LogP contribution in [0.15, 0.2) is 24.7 Å². The first-order valence-corrected chi connectivity index (χ1v) is 3.08. The Hall–Kier alpha value is -0.920. The van der Waals surface area contributed by atoms with Gasteiger partial charge in [0.2, 0.25) is 0 Å². The summed E-state index contributed by atoms with van der Waals surface area (Å²) in [6.45, 7) is 9.64. The van der Waals surface area contributed by atoms with Gasteiger partial charge in [-0.1, -0.05) is 13.2 Å². The molecule has 1 aliphatic rings. The molecular formula is C7H12N2. The van der Waals surface area contributed by atoms with Crippen LogP contribution >= 0.6 is 0 Å². The van der Waals surface area contributed by atoms with E-state index in [-0.39, 0.29) is 0 Å².